The zero-order valence-electron chi connectivity index (χ0n) is 11.0. The zero-order valence-corrected chi connectivity index (χ0v) is 11.0. The first kappa shape index (κ1) is 13.1. The van der Waals surface area contributed by atoms with E-state index in [0.717, 1.165) is 18.5 Å². The Labute approximate surface area is 113 Å². The third kappa shape index (κ3) is 3.35. The number of carbonyl (C=O) groups is 1. The van der Waals surface area contributed by atoms with Crippen LogP contribution >= 0.6 is 0 Å². The second-order valence-corrected chi connectivity index (χ2v) is 4.49. The van der Waals surface area contributed by atoms with E-state index in [1.165, 1.54) is 5.56 Å². The molecule has 1 amide bonds. The van der Waals surface area contributed by atoms with E-state index < -0.39 is 0 Å². The van der Waals surface area contributed by atoms with Crippen LogP contribution in [0.1, 0.15) is 29.3 Å². The van der Waals surface area contributed by atoms with Crippen LogP contribution in [-0.4, -0.2) is 5.91 Å². The summed E-state index contributed by atoms with van der Waals surface area (Å²) in [6.07, 6.45) is 2.10. The van der Waals surface area contributed by atoms with Crippen LogP contribution in [0, 0.1) is 0 Å². The lowest BCUT2D eigenvalue weighted by molar-refractivity contribution is 0.102. The van der Waals surface area contributed by atoms with E-state index >= 15 is 0 Å². The number of carbonyl (C=O) groups excluding carboxylic acids is 1. The van der Waals surface area contributed by atoms with E-state index in [-0.39, 0.29) is 5.91 Å². The minimum atomic E-state index is -0.174. The van der Waals surface area contributed by atoms with Gasteiger partial charge in [0.25, 0.3) is 5.91 Å². The van der Waals surface area contributed by atoms with Gasteiger partial charge in [-0.1, -0.05) is 37.6 Å². The molecular formula is C16H18N2O. The van der Waals surface area contributed by atoms with Gasteiger partial charge in [-0.15, -0.1) is 0 Å². The normalized spacial score (nSPS) is 10.2. The van der Waals surface area contributed by atoms with Crippen molar-refractivity contribution in [2.24, 2.45) is 0 Å². The number of hydrogen-bond acceptors (Lipinski definition) is 2. The summed E-state index contributed by atoms with van der Waals surface area (Å²) in [5.74, 6) is -0.174. The third-order valence-corrected chi connectivity index (χ3v) is 2.93. The van der Waals surface area contributed by atoms with Gasteiger partial charge in [-0.3, -0.25) is 4.79 Å². The average Bonchev–Trinajstić information content (AvgIpc) is 2.40. The fraction of sp³-hybridized carbons (Fsp3) is 0.188. The maximum absolute atomic E-state index is 12.1. The lowest BCUT2D eigenvalue weighted by atomic mass is 10.1. The van der Waals surface area contributed by atoms with E-state index in [0.29, 0.717) is 11.3 Å². The molecule has 0 saturated heterocycles. The molecule has 0 aliphatic carbocycles. The van der Waals surface area contributed by atoms with Crippen LogP contribution in [0.15, 0.2) is 48.5 Å². The van der Waals surface area contributed by atoms with Crippen molar-refractivity contribution in [2.75, 3.05) is 11.1 Å². The van der Waals surface area contributed by atoms with E-state index in [2.05, 4.69) is 18.3 Å². The predicted molar refractivity (Wildman–Crippen MR) is 79.2 cm³/mol. The van der Waals surface area contributed by atoms with E-state index in [4.69, 9.17) is 5.73 Å². The standard InChI is InChI=1S/C16H18N2O/c1-2-6-12-7-5-8-13(11-12)18-16(19)14-9-3-4-10-15(14)17/h3-5,7-11H,2,6,17H2,1H3,(H,18,19). The Morgan fingerprint density at radius 3 is 2.68 bits per heavy atom. The largest absolute Gasteiger partial charge is 0.398 e. The van der Waals surface area contributed by atoms with E-state index in [1.807, 2.05) is 24.3 Å². The number of nitrogens with one attached hydrogen (secondary N) is 1. The number of nitrogen functional groups attached to an aromatic ring is 1. The Bertz CT molecular complexity index is 578. The van der Waals surface area contributed by atoms with Gasteiger partial charge in [-0.2, -0.15) is 0 Å². The quantitative estimate of drug-likeness (QED) is 0.821. The molecule has 2 rings (SSSR count). The summed E-state index contributed by atoms with van der Waals surface area (Å²) < 4.78 is 0. The number of aryl methyl sites for hydroxylation is 1. The van der Waals surface area contributed by atoms with Crippen molar-refractivity contribution in [1.29, 1.82) is 0 Å². The summed E-state index contributed by atoms with van der Waals surface area (Å²) in [6.45, 7) is 2.13. The molecule has 3 nitrogen and oxygen atoms in total. The highest BCUT2D eigenvalue weighted by Crippen LogP contribution is 2.16. The van der Waals surface area contributed by atoms with Gasteiger partial charge < -0.3 is 11.1 Å². The number of anilines is 2. The molecule has 0 aromatic heterocycles. The number of hydrogen-bond donors (Lipinski definition) is 2. The van der Waals surface area contributed by atoms with Crippen LogP contribution < -0.4 is 11.1 Å². The number of rotatable bonds is 4. The Hall–Kier alpha value is -2.29. The van der Waals surface area contributed by atoms with Crippen LogP contribution in [0.2, 0.25) is 0 Å². The van der Waals surface area contributed by atoms with Gasteiger partial charge in [-0.25, -0.2) is 0 Å². The van der Waals surface area contributed by atoms with Crippen LogP contribution in [-0.2, 0) is 6.42 Å². The maximum atomic E-state index is 12.1. The predicted octanol–water partition coefficient (Wildman–Crippen LogP) is 3.47. The number of benzene rings is 2. The molecule has 0 spiro atoms. The smallest absolute Gasteiger partial charge is 0.257 e. The van der Waals surface area contributed by atoms with Gasteiger partial charge >= 0.3 is 0 Å². The average molecular weight is 254 g/mol. The summed E-state index contributed by atoms with van der Waals surface area (Å²) >= 11 is 0. The van der Waals surface area contributed by atoms with Crippen molar-refractivity contribution in [2.45, 2.75) is 19.8 Å². The van der Waals surface area contributed by atoms with Crippen molar-refractivity contribution in [3.8, 4) is 0 Å². The van der Waals surface area contributed by atoms with Crippen molar-refractivity contribution in [3.63, 3.8) is 0 Å². The van der Waals surface area contributed by atoms with E-state index in [9.17, 15) is 4.79 Å². The van der Waals surface area contributed by atoms with Crippen LogP contribution in [0.4, 0.5) is 11.4 Å². The minimum absolute atomic E-state index is 0.174. The van der Waals surface area contributed by atoms with Crippen molar-refractivity contribution < 1.29 is 4.79 Å². The molecule has 0 aliphatic heterocycles. The van der Waals surface area contributed by atoms with Gasteiger partial charge in [0.05, 0.1) is 5.56 Å². The molecule has 0 fully saturated rings. The molecule has 0 heterocycles. The van der Waals surface area contributed by atoms with Gasteiger partial charge in [0, 0.05) is 11.4 Å². The Morgan fingerprint density at radius 2 is 1.95 bits per heavy atom. The van der Waals surface area contributed by atoms with Crippen LogP contribution in [0.5, 0.6) is 0 Å². The first-order chi connectivity index (χ1) is 9.20. The molecule has 0 bridgehead atoms. The lowest BCUT2D eigenvalue weighted by Crippen LogP contribution is -2.13. The summed E-state index contributed by atoms with van der Waals surface area (Å²) in [5, 5.41) is 2.88. The summed E-state index contributed by atoms with van der Waals surface area (Å²) in [5.41, 5.74) is 8.81. The molecule has 3 N–H and O–H groups in total. The summed E-state index contributed by atoms with van der Waals surface area (Å²) in [7, 11) is 0. The van der Waals surface area contributed by atoms with E-state index in [1.54, 1.807) is 18.2 Å². The number of amides is 1. The molecular weight excluding hydrogens is 236 g/mol. The van der Waals surface area contributed by atoms with Crippen molar-refractivity contribution in [3.05, 3.63) is 59.7 Å². The molecule has 19 heavy (non-hydrogen) atoms. The van der Waals surface area contributed by atoms with Crippen LogP contribution in [0.25, 0.3) is 0 Å². The molecule has 0 atom stereocenters. The molecule has 3 heteroatoms. The number of nitrogens with two attached hydrogens (primary N) is 1. The maximum Gasteiger partial charge on any atom is 0.257 e. The third-order valence-electron chi connectivity index (χ3n) is 2.93. The highest BCUT2D eigenvalue weighted by Gasteiger charge is 2.09. The Kier molecular flexibility index (Phi) is 4.18. The lowest BCUT2D eigenvalue weighted by Gasteiger charge is -2.08. The molecule has 2 aromatic carbocycles. The van der Waals surface area contributed by atoms with Crippen molar-refractivity contribution >= 4 is 17.3 Å². The fourth-order valence-corrected chi connectivity index (χ4v) is 2.00. The SMILES string of the molecule is CCCc1cccc(NC(=O)c2ccccc2N)c1. The van der Waals surface area contributed by atoms with Gasteiger partial charge in [0.2, 0.25) is 0 Å². The zero-order chi connectivity index (χ0) is 13.7. The highest BCUT2D eigenvalue weighted by atomic mass is 16.1. The fourth-order valence-electron chi connectivity index (χ4n) is 2.00. The Balaban J connectivity index is 2.15. The monoisotopic (exact) mass is 254 g/mol. The second kappa shape index (κ2) is 6.05. The topological polar surface area (TPSA) is 55.1 Å². The van der Waals surface area contributed by atoms with Crippen LogP contribution in [0.3, 0.4) is 0 Å². The first-order valence-electron chi connectivity index (χ1n) is 6.45. The second-order valence-electron chi connectivity index (χ2n) is 4.49. The molecule has 0 aliphatic rings. The van der Waals surface area contributed by atoms with Gasteiger partial charge in [0.15, 0.2) is 0 Å². The molecule has 98 valence electrons. The molecule has 0 radical (unpaired) electrons. The first-order valence-corrected chi connectivity index (χ1v) is 6.45. The molecule has 0 unspecified atom stereocenters. The molecule has 2 aromatic rings. The van der Waals surface area contributed by atoms with Crippen molar-refractivity contribution in [1.82, 2.24) is 0 Å². The summed E-state index contributed by atoms with van der Waals surface area (Å²) in [4.78, 5) is 12.1. The van der Waals surface area contributed by atoms with Gasteiger partial charge in [-0.05, 0) is 36.2 Å². The Morgan fingerprint density at radius 1 is 1.16 bits per heavy atom. The summed E-state index contributed by atoms with van der Waals surface area (Å²) in [6, 6.07) is 15.0. The van der Waals surface area contributed by atoms with Gasteiger partial charge in [0.1, 0.15) is 0 Å². The highest BCUT2D eigenvalue weighted by molar-refractivity contribution is 6.07. The molecule has 0 saturated carbocycles. The minimum Gasteiger partial charge on any atom is -0.398 e. The number of para-hydroxylation sites is 1.